The Morgan fingerprint density at radius 3 is 2.89 bits per heavy atom. The number of aromatic hydroxyl groups is 1. The molecule has 0 spiro atoms. The van der Waals surface area contributed by atoms with Crippen LogP contribution in [-0.2, 0) is 11.2 Å². The summed E-state index contributed by atoms with van der Waals surface area (Å²) in [5, 5.41) is 13.0. The molecule has 1 aliphatic rings. The SMILES string of the molecule is C[C@@H](CCc1ccco1)NC(=O)COc1cc(O)c2c(c1)OC(C)(C)CC2=O. The number of phenols is 1. The molecule has 0 saturated heterocycles. The third-order valence-corrected chi connectivity index (χ3v) is 4.49. The van der Waals surface area contributed by atoms with Gasteiger partial charge < -0.3 is 24.3 Å². The molecule has 150 valence electrons. The Morgan fingerprint density at radius 1 is 1.39 bits per heavy atom. The van der Waals surface area contributed by atoms with Gasteiger partial charge in [0, 0.05) is 24.6 Å². The van der Waals surface area contributed by atoms with Crippen molar-refractivity contribution in [2.45, 2.75) is 51.7 Å². The highest BCUT2D eigenvalue weighted by Crippen LogP contribution is 2.40. The third kappa shape index (κ3) is 4.85. The number of rotatable bonds is 7. The van der Waals surface area contributed by atoms with Gasteiger partial charge in [0.1, 0.15) is 34.2 Å². The van der Waals surface area contributed by atoms with Crippen LogP contribution in [-0.4, -0.2) is 35.0 Å². The molecular formula is C21H25NO6. The number of aryl methyl sites for hydroxylation is 1. The number of nitrogens with one attached hydrogen (secondary N) is 1. The molecular weight excluding hydrogens is 362 g/mol. The number of Topliss-reactive ketones (excluding diaryl/α,β-unsaturated/α-hetero) is 1. The number of hydrogen-bond donors (Lipinski definition) is 2. The van der Waals surface area contributed by atoms with Crippen molar-refractivity contribution in [1.29, 1.82) is 0 Å². The number of carbonyl (C=O) groups is 2. The fourth-order valence-corrected chi connectivity index (χ4v) is 3.18. The van der Waals surface area contributed by atoms with Crippen LogP contribution < -0.4 is 14.8 Å². The first-order valence-electron chi connectivity index (χ1n) is 9.27. The van der Waals surface area contributed by atoms with E-state index in [4.69, 9.17) is 13.9 Å². The molecule has 0 aliphatic carbocycles. The fraction of sp³-hybridized carbons (Fsp3) is 0.429. The summed E-state index contributed by atoms with van der Waals surface area (Å²) in [5.74, 6) is 0.739. The highest BCUT2D eigenvalue weighted by atomic mass is 16.5. The molecule has 0 saturated carbocycles. The number of ketones is 1. The second-order valence-corrected chi connectivity index (χ2v) is 7.65. The Hall–Kier alpha value is -2.96. The van der Waals surface area contributed by atoms with Crippen LogP contribution >= 0.6 is 0 Å². The zero-order chi connectivity index (χ0) is 20.3. The number of hydrogen-bond acceptors (Lipinski definition) is 6. The van der Waals surface area contributed by atoms with E-state index in [9.17, 15) is 14.7 Å². The van der Waals surface area contributed by atoms with Crippen LogP contribution in [0.2, 0.25) is 0 Å². The topological polar surface area (TPSA) is 98.0 Å². The van der Waals surface area contributed by atoms with Gasteiger partial charge in [-0.15, -0.1) is 0 Å². The Kier molecular flexibility index (Phi) is 5.63. The molecule has 1 atom stereocenters. The van der Waals surface area contributed by atoms with Crippen molar-refractivity contribution in [2.75, 3.05) is 6.61 Å². The van der Waals surface area contributed by atoms with Crippen LogP contribution in [0.5, 0.6) is 17.2 Å². The molecule has 0 radical (unpaired) electrons. The van der Waals surface area contributed by atoms with Crippen LogP contribution in [0.15, 0.2) is 34.9 Å². The number of furan rings is 1. The summed E-state index contributed by atoms with van der Waals surface area (Å²) < 4.78 is 16.5. The Labute approximate surface area is 163 Å². The summed E-state index contributed by atoms with van der Waals surface area (Å²) in [6.07, 6.45) is 3.28. The molecule has 0 unspecified atom stereocenters. The Morgan fingerprint density at radius 2 is 2.18 bits per heavy atom. The first-order valence-corrected chi connectivity index (χ1v) is 9.27. The summed E-state index contributed by atoms with van der Waals surface area (Å²) in [7, 11) is 0. The minimum Gasteiger partial charge on any atom is -0.507 e. The minimum absolute atomic E-state index is 0.0418. The summed E-state index contributed by atoms with van der Waals surface area (Å²) >= 11 is 0. The third-order valence-electron chi connectivity index (χ3n) is 4.49. The molecule has 2 heterocycles. The molecule has 1 aliphatic heterocycles. The first kappa shape index (κ1) is 19.8. The predicted octanol–water partition coefficient (Wildman–Crippen LogP) is 3.25. The molecule has 7 nitrogen and oxygen atoms in total. The Balaban J connectivity index is 1.55. The van der Waals surface area contributed by atoms with Crippen molar-refractivity contribution in [2.24, 2.45) is 0 Å². The molecule has 2 N–H and O–H groups in total. The van der Waals surface area contributed by atoms with Gasteiger partial charge in [-0.2, -0.15) is 0 Å². The summed E-state index contributed by atoms with van der Waals surface area (Å²) in [4.78, 5) is 24.3. The van der Waals surface area contributed by atoms with Gasteiger partial charge in [0.15, 0.2) is 12.4 Å². The molecule has 1 amide bonds. The minimum atomic E-state index is -0.657. The second-order valence-electron chi connectivity index (χ2n) is 7.65. The average molecular weight is 387 g/mol. The lowest BCUT2D eigenvalue weighted by Crippen LogP contribution is -2.36. The zero-order valence-electron chi connectivity index (χ0n) is 16.3. The van der Waals surface area contributed by atoms with Crippen molar-refractivity contribution in [3.05, 3.63) is 41.9 Å². The van der Waals surface area contributed by atoms with Crippen molar-refractivity contribution < 1.29 is 28.6 Å². The largest absolute Gasteiger partial charge is 0.507 e. The number of carbonyl (C=O) groups excluding carboxylic acids is 2. The van der Waals surface area contributed by atoms with E-state index in [-0.39, 0.29) is 53.6 Å². The van der Waals surface area contributed by atoms with Gasteiger partial charge in [0.2, 0.25) is 0 Å². The molecule has 1 aromatic carbocycles. The molecule has 2 aromatic rings. The van der Waals surface area contributed by atoms with Gasteiger partial charge in [0.25, 0.3) is 5.91 Å². The first-order chi connectivity index (χ1) is 13.2. The lowest BCUT2D eigenvalue weighted by molar-refractivity contribution is -0.123. The van der Waals surface area contributed by atoms with Gasteiger partial charge in [-0.25, -0.2) is 0 Å². The molecule has 7 heteroatoms. The molecule has 1 aromatic heterocycles. The molecule has 0 bridgehead atoms. The number of phenolic OH excluding ortho intramolecular Hbond substituents is 1. The van der Waals surface area contributed by atoms with Gasteiger partial charge in [0.05, 0.1) is 12.7 Å². The van der Waals surface area contributed by atoms with E-state index in [0.29, 0.717) is 0 Å². The zero-order valence-corrected chi connectivity index (χ0v) is 16.3. The van der Waals surface area contributed by atoms with Crippen LogP contribution in [0, 0.1) is 0 Å². The van der Waals surface area contributed by atoms with Crippen LogP contribution in [0.25, 0.3) is 0 Å². The second kappa shape index (κ2) is 7.96. The summed E-state index contributed by atoms with van der Waals surface area (Å²) in [6.45, 7) is 5.31. The van der Waals surface area contributed by atoms with E-state index in [0.717, 1.165) is 18.6 Å². The van der Waals surface area contributed by atoms with Gasteiger partial charge in [-0.3, -0.25) is 9.59 Å². The smallest absolute Gasteiger partial charge is 0.258 e. The number of amides is 1. The fourth-order valence-electron chi connectivity index (χ4n) is 3.18. The lowest BCUT2D eigenvalue weighted by atomic mass is 9.92. The number of ether oxygens (including phenoxy) is 2. The van der Waals surface area contributed by atoms with Crippen molar-refractivity contribution in [3.8, 4) is 17.2 Å². The van der Waals surface area contributed by atoms with Gasteiger partial charge in [-0.05, 0) is 39.3 Å². The maximum atomic E-state index is 12.2. The van der Waals surface area contributed by atoms with Crippen molar-refractivity contribution in [3.63, 3.8) is 0 Å². The van der Waals surface area contributed by atoms with E-state index < -0.39 is 5.60 Å². The predicted molar refractivity (Wildman–Crippen MR) is 102 cm³/mol. The van der Waals surface area contributed by atoms with E-state index in [1.54, 1.807) is 20.1 Å². The highest BCUT2D eigenvalue weighted by Gasteiger charge is 2.35. The molecule has 3 rings (SSSR count). The van der Waals surface area contributed by atoms with Crippen LogP contribution in [0.4, 0.5) is 0 Å². The number of benzene rings is 1. The van der Waals surface area contributed by atoms with E-state index in [2.05, 4.69) is 5.32 Å². The van der Waals surface area contributed by atoms with Gasteiger partial charge in [-0.1, -0.05) is 0 Å². The maximum absolute atomic E-state index is 12.2. The highest BCUT2D eigenvalue weighted by molar-refractivity contribution is 6.03. The van der Waals surface area contributed by atoms with Crippen molar-refractivity contribution >= 4 is 11.7 Å². The van der Waals surface area contributed by atoms with Crippen LogP contribution in [0.1, 0.15) is 49.7 Å². The van der Waals surface area contributed by atoms with E-state index in [1.165, 1.54) is 12.1 Å². The monoisotopic (exact) mass is 387 g/mol. The quantitative estimate of drug-likeness (QED) is 0.757. The van der Waals surface area contributed by atoms with E-state index in [1.807, 2.05) is 19.1 Å². The normalized spacial score (nSPS) is 16.0. The Bertz CT molecular complexity index is 856. The summed E-state index contributed by atoms with van der Waals surface area (Å²) in [5.41, 5.74) is -0.502. The summed E-state index contributed by atoms with van der Waals surface area (Å²) in [6, 6.07) is 6.54. The lowest BCUT2D eigenvalue weighted by Gasteiger charge is -2.32. The molecule has 0 fully saturated rings. The number of fused-ring (bicyclic) bond motifs is 1. The van der Waals surface area contributed by atoms with Crippen LogP contribution in [0.3, 0.4) is 0 Å². The van der Waals surface area contributed by atoms with Crippen molar-refractivity contribution in [1.82, 2.24) is 5.32 Å². The van der Waals surface area contributed by atoms with E-state index >= 15 is 0 Å². The molecule has 28 heavy (non-hydrogen) atoms. The standard InChI is InChI=1S/C21H25NO6/c1-13(6-7-14-5-4-8-26-14)22-19(25)12-27-15-9-16(23)20-17(24)11-21(2,3)28-18(20)10-15/h4-5,8-10,13,23H,6-7,11-12H2,1-3H3,(H,22,25)/t13-/m0/s1. The average Bonchev–Trinajstić information content (AvgIpc) is 3.09. The maximum Gasteiger partial charge on any atom is 0.258 e. The van der Waals surface area contributed by atoms with Gasteiger partial charge >= 0.3 is 0 Å².